The monoisotopic (exact) mass is 461 g/mol. The van der Waals surface area contributed by atoms with Crippen molar-refractivity contribution in [2.75, 3.05) is 33.5 Å². The molecule has 1 saturated carbocycles. The third-order valence-electron chi connectivity index (χ3n) is 6.34. The number of nitrogens with zero attached hydrogens (tertiary/aromatic N) is 1. The number of methoxy groups -OCH3 is 1. The van der Waals surface area contributed by atoms with Crippen LogP contribution < -0.4 is 0 Å². The maximum atomic E-state index is 12.4. The molecule has 8 heteroatoms. The Labute approximate surface area is 193 Å². The van der Waals surface area contributed by atoms with Gasteiger partial charge in [0.25, 0.3) is 0 Å². The van der Waals surface area contributed by atoms with Crippen LogP contribution in [0.4, 0.5) is 0 Å². The maximum absolute atomic E-state index is 12.4. The molecule has 0 aromatic heterocycles. The predicted octanol–water partition coefficient (Wildman–Crippen LogP) is 1.57. The number of ether oxygens (including phenoxy) is 2. The van der Waals surface area contributed by atoms with Crippen LogP contribution >= 0.6 is 0 Å². The fourth-order valence-corrected chi connectivity index (χ4v) is 4.32. The topological polar surface area (TPSA) is 120 Å². The standard InChI is InChI=1S/C20H37NO7.C4H10/c1-13-17(8-14(11-22)20(26)19(13)25)28-7-5-3-4-6-18(24)21-10-16(27-2)9-15(21)12-23;1-4(2)3/h13-17,19-20,22-23,25-26H,3-12H2,1-2H3;4H,1-3H3/t13?,14?,15-,16+,17+,19+,20-;/m0./s1. The summed E-state index contributed by atoms with van der Waals surface area (Å²) in [7, 11) is 1.63. The summed E-state index contributed by atoms with van der Waals surface area (Å²) in [5.74, 6) is 0.353. The molecule has 7 atom stereocenters. The van der Waals surface area contributed by atoms with E-state index in [1.54, 1.807) is 12.0 Å². The van der Waals surface area contributed by atoms with Crippen LogP contribution in [0.5, 0.6) is 0 Å². The van der Waals surface area contributed by atoms with Gasteiger partial charge in [-0.05, 0) is 31.6 Å². The van der Waals surface area contributed by atoms with Gasteiger partial charge in [0.2, 0.25) is 5.91 Å². The van der Waals surface area contributed by atoms with Gasteiger partial charge in [-0.2, -0.15) is 0 Å². The SMILES string of the molecule is CC(C)C.CO[C@@H]1C[C@@H](CO)N(C(=O)CCCCCO[C@@H]2CC(CO)[C@H](O)[C@H](O)C2C)C1. The zero-order valence-electron chi connectivity index (χ0n) is 20.7. The first-order chi connectivity index (χ1) is 15.2. The van der Waals surface area contributed by atoms with Gasteiger partial charge >= 0.3 is 0 Å². The van der Waals surface area contributed by atoms with Crippen LogP contribution in [0.15, 0.2) is 0 Å². The molecule has 1 amide bonds. The summed E-state index contributed by atoms with van der Waals surface area (Å²) in [4.78, 5) is 14.1. The Morgan fingerprint density at radius 1 is 1.03 bits per heavy atom. The fourth-order valence-electron chi connectivity index (χ4n) is 4.32. The molecule has 8 nitrogen and oxygen atoms in total. The van der Waals surface area contributed by atoms with E-state index >= 15 is 0 Å². The van der Waals surface area contributed by atoms with Crippen LogP contribution in [0.1, 0.15) is 66.2 Å². The van der Waals surface area contributed by atoms with Crippen LogP contribution in [-0.4, -0.2) is 95.2 Å². The fraction of sp³-hybridized carbons (Fsp3) is 0.958. The highest BCUT2D eigenvalue weighted by atomic mass is 16.5. The Morgan fingerprint density at radius 2 is 1.69 bits per heavy atom. The number of rotatable bonds is 10. The summed E-state index contributed by atoms with van der Waals surface area (Å²) in [5, 5.41) is 38.8. The Bertz CT molecular complexity index is 514. The van der Waals surface area contributed by atoms with Crippen molar-refractivity contribution in [3.63, 3.8) is 0 Å². The van der Waals surface area contributed by atoms with Gasteiger partial charge in [-0.3, -0.25) is 4.79 Å². The first-order valence-corrected chi connectivity index (χ1v) is 12.2. The van der Waals surface area contributed by atoms with Gasteiger partial charge in [0.05, 0.1) is 37.1 Å². The van der Waals surface area contributed by atoms with Crippen molar-refractivity contribution in [1.29, 1.82) is 0 Å². The van der Waals surface area contributed by atoms with E-state index in [2.05, 4.69) is 20.8 Å². The molecular formula is C24H47NO7. The molecule has 4 N–H and O–H groups in total. The second-order valence-corrected chi connectivity index (χ2v) is 9.95. The lowest BCUT2D eigenvalue weighted by molar-refractivity contribution is -0.144. The number of likely N-dealkylation sites (tertiary alicyclic amines) is 1. The summed E-state index contributed by atoms with van der Waals surface area (Å²) in [5.41, 5.74) is 0. The van der Waals surface area contributed by atoms with E-state index in [0.29, 0.717) is 32.4 Å². The quantitative estimate of drug-likeness (QED) is 0.365. The maximum Gasteiger partial charge on any atom is 0.222 e. The lowest BCUT2D eigenvalue weighted by Crippen LogP contribution is -2.50. The Balaban J connectivity index is 0.00000118. The molecule has 0 aromatic carbocycles. The van der Waals surface area contributed by atoms with Crippen LogP contribution in [-0.2, 0) is 14.3 Å². The number of aliphatic hydroxyl groups excluding tert-OH is 4. The van der Waals surface area contributed by atoms with Crippen LogP contribution in [0.25, 0.3) is 0 Å². The molecule has 0 radical (unpaired) electrons. The van der Waals surface area contributed by atoms with E-state index < -0.39 is 12.2 Å². The van der Waals surface area contributed by atoms with E-state index in [0.717, 1.165) is 25.2 Å². The van der Waals surface area contributed by atoms with Crippen molar-refractivity contribution < 1.29 is 34.7 Å². The molecule has 32 heavy (non-hydrogen) atoms. The van der Waals surface area contributed by atoms with E-state index in [4.69, 9.17) is 9.47 Å². The average Bonchev–Trinajstić information content (AvgIpc) is 3.19. The minimum atomic E-state index is -0.906. The summed E-state index contributed by atoms with van der Waals surface area (Å²) >= 11 is 0. The lowest BCUT2D eigenvalue weighted by atomic mass is 9.77. The van der Waals surface area contributed by atoms with Gasteiger partial charge in [-0.15, -0.1) is 0 Å². The number of unbranched alkanes of at least 4 members (excludes halogenated alkanes) is 2. The molecule has 1 heterocycles. The number of carbonyl (C=O) groups is 1. The normalized spacial score (nSPS) is 32.7. The Morgan fingerprint density at radius 3 is 2.25 bits per heavy atom. The van der Waals surface area contributed by atoms with Crippen LogP contribution in [0.2, 0.25) is 0 Å². The predicted molar refractivity (Wildman–Crippen MR) is 123 cm³/mol. The van der Waals surface area contributed by atoms with Crippen molar-refractivity contribution in [1.82, 2.24) is 4.90 Å². The van der Waals surface area contributed by atoms with E-state index in [-0.39, 0.29) is 49.2 Å². The molecule has 0 spiro atoms. The van der Waals surface area contributed by atoms with Crippen LogP contribution in [0.3, 0.4) is 0 Å². The van der Waals surface area contributed by atoms with E-state index in [9.17, 15) is 25.2 Å². The van der Waals surface area contributed by atoms with Crippen LogP contribution in [0, 0.1) is 17.8 Å². The first kappa shape index (κ1) is 29.3. The summed E-state index contributed by atoms with van der Waals surface area (Å²) in [6.45, 7) is 9.23. The zero-order valence-corrected chi connectivity index (χ0v) is 20.7. The van der Waals surface area contributed by atoms with Crippen molar-refractivity contribution in [3.05, 3.63) is 0 Å². The molecule has 2 rings (SSSR count). The lowest BCUT2D eigenvalue weighted by Gasteiger charge is -2.40. The van der Waals surface area contributed by atoms with Crippen molar-refractivity contribution in [2.24, 2.45) is 17.8 Å². The molecule has 2 fully saturated rings. The second-order valence-electron chi connectivity index (χ2n) is 9.95. The second kappa shape index (κ2) is 15.2. The Kier molecular flexibility index (Phi) is 13.9. The Hall–Kier alpha value is -0.770. The minimum Gasteiger partial charge on any atom is -0.396 e. The minimum absolute atomic E-state index is 0.00333. The van der Waals surface area contributed by atoms with Gasteiger partial charge in [-0.1, -0.05) is 34.1 Å². The van der Waals surface area contributed by atoms with E-state index in [1.165, 1.54) is 0 Å². The molecule has 1 saturated heterocycles. The van der Waals surface area contributed by atoms with Crippen molar-refractivity contribution in [3.8, 4) is 0 Å². The number of hydrogen-bond donors (Lipinski definition) is 4. The molecule has 1 aliphatic heterocycles. The summed E-state index contributed by atoms with van der Waals surface area (Å²) in [6, 6.07) is -0.144. The van der Waals surface area contributed by atoms with Gasteiger partial charge in [0.15, 0.2) is 0 Å². The highest BCUT2D eigenvalue weighted by molar-refractivity contribution is 5.76. The number of hydrogen-bond acceptors (Lipinski definition) is 7. The molecule has 0 aromatic rings. The van der Waals surface area contributed by atoms with Crippen molar-refractivity contribution in [2.45, 2.75) is 96.7 Å². The summed E-state index contributed by atoms with van der Waals surface area (Å²) in [6.07, 6.45) is 2.12. The van der Waals surface area contributed by atoms with Gasteiger partial charge in [0, 0.05) is 45.1 Å². The van der Waals surface area contributed by atoms with Gasteiger partial charge in [-0.25, -0.2) is 0 Å². The largest absolute Gasteiger partial charge is 0.396 e. The first-order valence-electron chi connectivity index (χ1n) is 12.2. The highest BCUT2D eigenvalue weighted by Gasteiger charge is 2.41. The zero-order chi connectivity index (χ0) is 24.3. The van der Waals surface area contributed by atoms with Crippen molar-refractivity contribution >= 4 is 5.91 Å². The van der Waals surface area contributed by atoms with Gasteiger partial charge < -0.3 is 34.8 Å². The third kappa shape index (κ3) is 9.23. The molecule has 190 valence electrons. The molecular weight excluding hydrogens is 414 g/mol. The molecule has 1 aliphatic carbocycles. The smallest absolute Gasteiger partial charge is 0.222 e. The number of amides is 1. The number of carbonyl (C=O) groups excluding carboxylic acids is 1. The molecule has 2 unspecified atom stereocenters. The average molecular weight is 462 g/mol. The molecule has 2 aliphatic rings. The van der Waals surface area contributed by atoms with E-state index in [1.807, 2.05) is 6.92 Å². The number of aliphatic hydroxyl groups is 4. The highest BCUT2D eigenvalue weighted by Crippen LogP contribution is 2.31. The summed E-state index contributed by atoms with van der Waals surface area (Å²) < 4.78 is 11.2. The molecule has 0 bridgehead atoms. The third-order valence-corrected chi connectivity index (χ3v) is 6.34. The van der Waals surface area contributed by atoms with Gasteiger partial charge in [0.1, 0.15) is 0 Å².